The molecule has 1 saturated heterocycles. The highest BCUT2D eigenvalue weighted by Gasteiger charge is 2.46. The van der Waals surface area contributed by atoms with Crippen LogP contribution in [0.5, 0.6) is 5.75 Å². The Morgan fingerprint density at radius 2 is 1.72 bits per heavy atom. The molecule has 0 aromatic heterocycles. The van der Waals surface area contributed by atoms with Crippen molar-refractivity contribution < 1.29 is 19.1 Å². The van der Waals surface area contributed by atoms with E-state index >= 15 is 0 Å². The Morgan fingerprint density at radius 1 is 1.06 bits per heavy atom. The Hall–Kier alpha value is -3.35. The predicted octanol–water partition coefficient (Wildman–Crippen LogP) is 4.47. The molecular weight excluding hydrogens is 406 g/mol. The lowest BCUT2D eigenvalue weighted by atomic mass is 10.1. The van der Waals surface area contributed by atoms with E-state index in [1.54, 1.807) is 31.4 Å². The predicted molar refractivity (Wildman–Crippen MR) is 125 cm³/mol. The van der Waals surface area contributed by atoms with Gasteiger partial charge in [0.05, 0.1) is 19.2 Å². The number of aryl methyl sites for hydroxylation is 1. The molecule has 2 aromatic rings. The van der Waals surface area contributed by atoms with Crippen LogP contribution in [-0.2, 0) is 16.0 Å². The normalized spacial score (nSPS) is 16.1. The van der Waals surface area contributed by atoms with E-state index in [2.05, 4.69) is 26.1 Å². The molecule has 1 heterocycles. The molecule has 4 amide bonds. The van der Waals surface area contributed by atoms with Gasteiger partial charge in [0.15, 0.2) is 0 Å². The van der Waals surface area contributed by atoms with Crippen LogP contribution in [0.1, 0.15) is 39.2 Å². The van der Waals surface area contributed by atoms with Gasteiger partial charge in [-0.3, -0.25) is 9.59 Å². The lowest BCUT2D eigenvalue weighted by molar-refractivity contribution is -0.124. The zero-order valence-corrected chi connectivity index (χ0v) is 19.1. The molecule has 170 valence electrons. The fourth-order valence-corrected chi connectivity index (χ4v) is 3.67. The molecule has 0 radical (unpaired) electrons. The number of amides is 4. The Kier molecular flexibility index (Phi) is 7.51. The van der Waals surface area contributed by atoms with Gasteiger partial charge in [0, 0.05) is 12.2 Å². The van der Waals surface area contributed by atoms with E-state index in [4.69, 9.17) is 4.74 Å². The van der Waals surface area contributed by atoms with Gasteiger partial charge in [-0.1, -0.05) is 32.9 Å². The smallest absolute Gasteiger partial charge is 0.332 e. The van der Waals surface area contributed by atoms with Crippen LogP contribution in [0.4, 0.5) is 16.2 Å². The van der Waals surface area contributed by atoms with Crippen molar-refractivity contribution in [2.24, 2.45) is 5.92 Å². The summed E-state index contributed by atoms with van der Waals surface area (Å²) < 4.78 is 5.16. The number of rotatable bonds is 9. The van der Waals surface area contributed by atoms with E-state index in [1.165, 1.54) is 10.5 Å². The second kappa shape index (κ2) is 10.3. The first-order chi connectivity index (χ1) is 15.3. The van der Waals surface area contributed by atoms with E-state index in [1.807, 2.05) is 24.3 Å². The number of methoxy groups -OCH3 is 1. The van der Waals surface area contributed by atoms with Crippen LogP contribution in [0.2, 0.25) is 0 Å². The lowest BCUT2D eigenvalue weighted by Gasteiger charge is -2.22. The number of benzene rings is 2. The summed E-state index contributed by atoms with van der Waals surface area (Å²) in [6, 6.07) is 13.1. The van der Waals surface area contributed by atoms with E-state index in [0.717, 1.165) is 17.7 Å². The Balaban J connectivity index is 1.78. The quantitative estimate of drug-likeness (QED) is 0.587. The second-order valence-electron chi connectivity index (χ2n) is 8.35. The van der Waals surface area contributed by atoms with Gasteiger partial charge < -0.3 is 15.0 Å². The first-order valence-electron chi connectivity index (χ1n) is 11.0. The molecule has 0 saturated carbocycles. The van der Waals surface area contributed by atoms with Gasteiger partial charge in [-0.25, -0.2) is 9.69 Å². The zero-order chi connectivity index (χ0) is 23.3. The molecule has 1 atom stereocenters. The van der Waals surface area contributed by atoms with Crippen molar-refractivity contribution in [3.63, 3.8) is 0 Å². The lowest BCUT2D eigenvalue weighted by Crippen LogP contribution is -2.39. The summed E-state index contributed by atoms with van der Waals surface area (Å²) in [6.45, 7) is 6.60. The summed E-state index contributed by atoms with van der Waals surface area (Å²) in [5.41, 5.74) is 2.31. The first-order valence-corrected chi connectivity index (χ1v) is 11.0. The van der Waals surface area contributed by atoms with Crippen LogP contribution in [-0.4, -0.2) is 42.4 Å². The number of carbonyl (C=O) groups excluding carboxylic acids is 3. The standard InChI is InChI=1S/C25H31N3O4/c1-5-18-6-8-19(9-7-18)26-23(29)16-22-24(30)28(20-10-12-21(32-4)13-11-20)25(31)27(22)15-14-17(2)3/h6-13,17,22H,5,14-16H2,1-4H3,(H,26,29)/t22-/m1/s1. The van der Waals surface area contributed by atoms with E-state index in [-0.39, 0.29) is 18.2 Å². The van der Waals surface area contributed by atoms with Gasteiger partial charge >= 0.3 is 6.03 Å². The summed E-state index contributed by atoms with van der Waals surface area (Å²) in [6.07, 6.45) is 1.57. The number of ether oxygens (including phenoxy) is 1. The van der Waals surface area contributed by atoms with E-state index < -0.39 is 12.1 Å². The van der Waals surface area contributed by atoms with Gasteiger partial charge in [-0.15, -0.1) is 0 Å². The minimum Gasteiger partial charge on any atom is -0.497 e. The van der Waals surface area contributed by atoms with Gasteiger partial charge in [0.25, 0.3) is 5.91 Å². The van der Waals surface area contributed by atoms with Crippen molar-refractivity contribution in [1.29, 1.82) is 0 Å². The molecule has 32 heavy (non-hydrogen) atoms. The van der Waals surface area contributed by atoms with Crippen LogP contribution < -0.4 is 15.0 Å². The monoisotopic (exact) mass is 437 g/mol. The van der Waals surface area contributed by atoms with Crippen LogP contribution in [0.15, 0.2) is 48.5 Å². The molecule has 3 rings (SSSR count). The van der Waals surface area contributed by atoms with Gasteiger partial charge in [-0.05, 0) is 60.7 Å². The number of carbonyl (C=O) groups is 3. The third-order valence-electron chi connectivity index (χ3n) is 5.62. The van der Waals surface area contributed by atoms with E-state index in [0.29, 0.717) is 29.6 Å². The Morgan fingerprint density at radius 3 is 2.28 bits per heavy atom. The minimum atomic E-state index is -0.835. The number of anilines is 2. The molecule has 7 heteroatoms. The molecular formula is C25H31N3O4. The molecule has 0 aliphatic carbocycles. The second-order valence-corrected chi connectivity index (χ2v) is 8.35. The van der Waals surface area contributed by atoms with Gasteiger partial charge in [0.1, 0.15) is 11.8 Å². The Bertz CT molecular complexity index is 954. The van der Waals surface area contributed by atoms with Crippen LogP contribution in [0, 0.1) is 5.92 Å². The number of urea groups is 1. The van der Waals surface area contributed by atoms with Crippen molar-refractivity contribution >= 4 is 29.2 Å². The fraction of sp³-hybridized carbons (Fsp3) is 0.400. The molecule has 0 unspecified atom stereocenters. The van der Waals surface area contributed by atoms with Crippen molar-refractivity contribution in [2.45, 2.75) is 46.1 Å². The number of nitrogens with one attached hydrogen (secondary N) is 1. The summed E-state index contributed by atoms with van der Waals surface area (Å²) in [5.74, 6) is 0.306. The molecule has 1 aliphatic heterocycles. The maximum Gasteiger partial charge on any atom is 0.332 e. The highest BCUT2D eigenvalue weighted by Crippen LogP contribution is 2.29. The Labute approximate surface area is 189 Å². The third-order valence-corrected chi connectivity index (χ3v) is 5.62. The summed E-state index contributed by atoms with van der Waals surface area (Å²) in [4.78, 5) is 41.9. The van der Waals surface area contributed by atoms with Crippen molar-refractivity contribution in [1.82, 2.24) is 4.90 Å². The number of hydrogen-bond acceptors (Lipinski definition) is 4. The average molecular weight is 438 g/mol. The van der Waals surface area contributed by atoms with Gasteiger partial charge in [-0.2, -0.15) is 0 Å². The maximum absolute atomic E-state index is 13.2. The number of nitrogens with zero attached hydrogens (tertiary/aromatic N) is 2. The van der Waals surface area contributed by atoms with Crippen molar-refractivity contribution in [3.05, 3.63) is 54.1 Å². The van der Waals surface area contributed by atoms with Crippen LogP contribution in [0.25, 0.3) is 0 Å². The third kappa shape index (κ3) is 5.28. The first kappa shape index (κ1) is 23.3. The summed E-state index contributed by atoms with van der Waals surface area (Å²) >= 11 is 0. The zero-order valence-electron chi connectivity index (χ0n) is 19.1. The summed E-state index contributed by atoms with van der Waals surface area (Å²) in [7, 11) is 1.55. The number of hydrogen-bond donors (Lipinski definition) is 1. The molecule has 0 spiro atoms. The fourth-order valence-electron chi connectivity index (χ4n) is 3.67. The SMILES string of the molecule is CCc1ccc(NC(=O)C[C@@H]2C(=O)N(c3ccc(OC)cc3)C(=O)N2CCC(C)C)cc1. The van der Waals surface area contributed by atoms with Gasteiger partial charge in [0.2, 0.25) is 5.91 Å². The van der Waals surface area contributed by atoms with Crippen molar-refractivity contribution in [2.75, 3.05) is 23.9 Å². The molecule has 1 aliphatic rings. The molecule has 1 N–H and O–H groups in total. The molecule has 0 bridgehead atoms. The van der Waals surface area contributed by atoms with Crippen LogP contribution >= 0.6 is 0 Å². The highest BCUT2D eigenvalue weighted by atomic mass is 16.5. The summed E-state index contributed by atoms with van der Waals surface area (Å²) in [5, 5.41) is 2.85. The van der Waals surface area contributed by atoms with Crippen molar-refractivity contribution in [3.8, 4) is 5.75 Å². The largest absolute Gasteiger partial charge is 0.497 e. The van der Waals surface area contributed by atoms with Crippen LogP contribution in [0.3, 0.4) is 0 Å². The average Bonchev–Trinajstić information content (AvgIpc) is 3.01. The minimum absolute atomic E-state index is 0.0924. The highest BCUT2D eigenvalue weighted by molar-refractivity contribution is 6.22. The number of imide groups is 1. The molecule has 1 fully saturated rings. The van der Waals surface area contributed by atoms with E-state index in [9.17, 15) is 14.4 Å². The molecule has 7 nitrogen and oxygen atoms in total. The molecule has 2 aromatic carbocycles. The topological polar surface area (TPSA) is 79.0 Å². The maximum atomic E-state index is 13.2.